The summed E-state index contributed by atoms with van der Waals surface area (Å²) < 4.78 is 5.23. The lowest BCUT2D eigenvalue weighted by molar-refractivity contribution is -0.125. The van der Waals surface area contributed by atoms with Crippen LogP contribution in [0.4, 0.5) is 0 Å². The van der Waals surface area contributed by atoms with Gasteiger partial charge in [-0.2, -0.15) is 0 Å². The molecule has 0 aliphatic carbocycles. The van der Waals surface area contributed by atoms with Crippen molar-refractivity contribution in [3.05, 3.63) is 65.7 Å². The van der Waals surface area contributed by atoms with Gasteiger partial charge in [0.25, 0.3) is 11.8 Å². The van der Waals surface area contributed by atoms with E-state index in [9.17, 15) is 14.4 Å². The highest BCUT2D eigenvalue weighted by Crippen LogP contribution is 2.24. The lowest BCUT2D eigenvalue weighted by atomic mass is 9.88. The third-order valence-corrected chi connectivity index (χ3v) is 6.22. The zero-order chi connectivity index (χ0) is 23.8. The molecule has 2 aromatic rings. The first-order valence-electron chi connectivity index (χ1n) is 11.5. The number of ether oxygens (including phenoxy) is 1. The number of likely N-dealkylation sites (tertiary alicyclic amines) is 1. The third-order valence-electron chi connectivity index (χ3n) is 6.22. The van der Waals surface area contributed by atoms with Crippen LogP contribution in [-0.2, 0) is 4.79 Å². The number of amides is 3. The number of methoxy groups -OCH3 is 1. The van der Waals surface area contributed by atoms with Crippen LogP contribution in [0.25, 0.3) is 0 Å². The fourth-order valence-electron chi connectivity index (χ4n) is 4.02. The summed E-state index contributed by atoms with van der Waals surface area (Å²) in [7, 11) is 1.57. The normalized spacial score (nSPS) is 15.9. The summed E-state index contributed by atoms with van der Waals surface area (Å²) in [6.07, 6.45) is 2.06. The summed E-state index contributed by atoms with van der Waals surface area (Å²) in [6, 6.07) is 15.4. The van der Waals surface area contributed by atoms with Gasteiger partial charge in [-0.15, -0.1) is 0 Å². The molecule has 33 heavy (non-hydrogen) atoms. The van der Waals surface area contributed by atoms with E-state index in [4.69, 9.17) is 4.74 Å². The molecule has 1 saturated heterocycles. The molecule has 1 aliphatic heterocycles. The van der Waals surface area contributed by atoms with Crippen LogP contribution in [0.1, 0.15) is 53.8 Å². The fourth-order valence-corrected chi connectivity index (χ4v) is 4.02. The van der Waals surface area contributed by atoms with Gasteiger partial charge >= 0.3 is 0 Å². The van der Waals surface area contributed by atoms with Crippen LogP contribution in [0.5, 0.6) is 5.75 Å². The van der Waals surface area contributed by atoms with Crippen LogP contribution in [0.15, 0.2) is 54.6 Å². The molecule has 0 radical (unpaired) electrons. The molecule has 0 aromatic heterocycles. The Morgan fingerprint density at radius 2 is 1.67 bits per heavy atom. The van der Waals surface area contributed by atoms with E-state index in [1.165, 1.54) is 0 Å². The number of carbonyl (C=O) groups excluding carboxylic acids is 3. The first-order chi connectivity index (χ1) is 15.9. The van der Waals surface area contributed by atoms with Gasteiger partial charge in [0.05, 0.1) is 7.11 Å². The van der Waals surface area contributed by atoms with Crippen molar-refractivity contribution < 1.29 is 19.1 Å². The van der Waals surface area contributed by atoms with Crippen molar-refractivity contribution in [3.8, 4) is 5.75 Å². The summed E-state index contributed by atoms with van der Waals surface area (Å²) in [4.78, 5) is 40.6. The molecule has 1 aliphatic rings. The van der Waals surface area contributed by atoms with E-state index >= 15 is 0 Å². The maximum absolute atomic E-state index is 13.1. The van der Waals surface area contributed by atoms with Crippen LogP contribution in [-0.4, -0.2) is 54.9 Å². The van der Waals surface area contributed by atoms with E-state index in [-0.39, 0.29) is 29.7 Å². The maximum Gasteiger partial charge on any atom is 0.253 e. The molecule has 0 saturated carbocycles. The number of rotatable bonds is 8. The third kappa shape index (κ3) is 6.34. The van der Waals surface area contributed by atoms with Gasteiger partial charge < -0.3 is 20.3 Å². The second kappa shape index (κ2) is 11.5. The van der Waals surface area contributed by atoms with Crippen molar-refractivity contribution in [2.24, 2.45) is 5.92 Å². The molecule has 0 unspecified atom stereocenters. The van der Waals surface area contributed by atoms with Gasteiger partial charge in [0.1, 0.15) is 11.8 Å². The number of benzene rings is 2. The van der Waals surface area contributed by atoms with Gasteiger partial charge in [-0.05, 0) is 62.4 Å². The fraction of sp³-hybridized carbons (Fsp3) is 0.423. The molecule has 2 aromatic carbocycles. The van der Waals surface area contributed by atoms with Crippen molar-refractivity contribution in [1.82, 2.24) is 15.5 Å². The predicted octanol–water partition coefficient (Wildman–Crippen LogP) is 3.26. The molecular weight excluding hydrogens is 418 g/mol. The van der Waals surface area contributed by atoms with Crippen LogP contribution in [0.3, 0.4) is 0 Å². The lowest BCUT2D eigenvalue weighted by Gasteiger charge is -2.36. The molecule has 7 nitrogen and oxygen atoms in total. The maximum atomic E-state index is 13.1. The molecular formula is C26H33N3O4. The standard InChI is InChI=1S/C26H33N3O4/c1-4-18(2)27-25(31)23(28-24(30)20-9-6-5-7-10-20)19-13-15-29(16-14-19)26(32)21-11-8-12-22(17-21)33-3/h5-12,17-19,23H,4,13-16H2,1-3H3,(H,27,31)(H,28,30)/t18-,23+/m0/s1. The second-order valence-corrected chi connectivity index (χ2v) is 8.50. The highest BCUT2D eigenvalue weighted by atomic mass is 16.5. The van der Waals surface area contributed by atoms with Crippen LogP contribution < -0.4 is 15.4 Å². The Morgan fingerprint density at radius 1 is 1.00 bits per heavy atom. The summed E-state index contributed by atoms with van der Waals surface area (Å²) >= 11 is 0. The number of hydrogen-bond donors (Lipinski definition) is 2. The van der Waals surface area contributed by atoms with Gasteiger partial charge in [-0.3, -0.25) is 14.4 Å². The van der Waals surface area contributed by atoms with Crippen molar-refractivity contribution in [1.29, 1.82) is 0 Å². The minimum atomic E-state index is -0.652. The SMILES string of the molecule is CC[C@H](C)NC(=O)[C@H](NC(=O)c1ccccc1)C1CCN(C(=O)c2cccc(OC)c2)CC1. The first-order valence-corrected chi connectivity index (χ1v) is 11.5. The van der Waals surface area contributed by atoms with Gasteiger partial charge in [0, 0.05) is 30.3 Å². The number of carbonyl (C=O) groups is 3. The molecule has 3 rings (SSSR count). The smallest absolute Gasteiger partial charge is 0.253 e. The molecule has 1 fully saturated rings. The van der Waals surface area contributed by atoms with E-state index < -0.39 is 6.04 Å². The van der Waals surface area contributed by atoms with E-state index in [1.54, 1.807) is 60.5 Å². The Kier molecular flexibility index (Phi) is 8.46. The highest BCUT2D eigenvalue weighted by Gasteiger charge is 2.34. The van der Waals surface area contributed by atoms with Gasteiger partial charge in [-0.25, -0.2) is 0 Å². The molecule has 2 atom stereocenters. The van der Waals surface area contributed by atoms with Gasteiger partial charge in [0.15, 0.2) is 0 Å². The van der Waals surface area contributed by atoms with E-state index in [0.717, 1.165) is 6.42 Å². The predicted molar refractivity (Wildman–Crippen MR) is 127 cm³/mol. The van der Waals surface area contributed by atoms with E-state index in [1.807, 2.05) is 19.9 Å². The lowest BCUT2D eigenvalue weighted by Crippen LogP contribution is -2.55. The van der Waals surface area contributed by atoms with Crippen LogP contribution in [0.2, 0.25) is 0 Å². The number of piperidine rings is 1. The van der Waals surface area contributed by atoms with Gasteiger partial charge in [-0.1, -0.05) is 31.2 Å². The average molecular weight is 452 g/mol. The Morgan fingerprint density at radius 3 is 2.30 bits per heavy atom. The average Bonchev–Trinajstić information content (AvgIpc) is 2.87. The van der Waals surface area contributed by atoms with Crippen molar-refractivity contribution in [3.63, 3.8) is 0 Å². The molecule has 176 valence electrons. The van der Waals surface area contributed by atoms with Crippen molar-refractivity contribution >= 4 is 17.7 Å². The largest absolute Gasteiger partial charge is 0.497 e. The monoisotopic (exact) mass is 451 g/mol. The minimum Gasteiger partial charge on any atom is -0.497 e. The minimum absolute atomic E-state index is 0.0170. The van der Waals surface area contributed by atoms with Crippen LogP contribution >= 0.6 is 0 Å². The quantitative estimate of drug-likeness (QED) is 0.645. The zero-order valence-electron chi connectivity index (χ0n) is 19.5. The van der Waals surface area contributed by atoms with E-state index in [0.29, 0.717) is 42.8 Å². The van der Waals surface area contributed by atoms with Crippen molar-refractivity contribution in [2.45, 2.75) is 45.2 Å². The number of hydrogen-bond acceptors (Lipinski definition) is 4. The van der Waals surface area contributed by atoms with Crippen molar-refractivity contribution in [2.75, 3.05) is 20.2 Å². The topological polar surface area (TPSA) is 87.7 Å². The van der Waals surface area contributed by atoms with Gasteiger partial charge in [0.2, 0.25) is 5.91 Å². The molecule has 0 bridgehead atoms. The summed E-state index contributed by atoms with van der Waals surface area (Å²) in [5, 5.41) is 5.96. The second-order valence-electron chi connectivity index (χ2n) is 8.50. The summed E-state index contributed by atoms with van der Waals surface area (Å²) in [6.45, 7) is 5.00. The molecule has 3 amide bonds. The Balaban J connectivity index is 1.69. The van der Waals surface area contributed by atoms with E-state index in [2.05, 4.69) is 10.6 Å². The Labute approximate surface area is 195 Å². The Bertz CT molecular complexity index is 955. The first kappa shape index (κ1) is 24.3. The molecule has 2 N–H and O–H groups in total. The Hall–Kier alpha value is -3.35. The zero-order valence-corrected chi connectivity index (χ0v) is 19.5. The molecule has 7 heteroatoms. The number of nitrogens with one attached hydrogen (secondary N) is 2. The highest BCUT2D eigenvalue weighted by molar-refractivity contribution is 5.98. The summed E-state index contributed by atoms with van der Waals surface area (Å²) in [5.74, 6) is 0.0829. The summed E-state index contributed by atoms with van der Waals surface area (Å²) in [5.41, 5.74) is 1.10. The molecule has 0 spiro atoms. The van der Waals surface area contributed by atoms with Crippen LogP contribution in [0, 0.1) is 5.92 Å². The number of nitrogens with zero attached hydrogens (tertiary/aromatic N) is 1. The molecule has 1 heterocycles.